The summed E-state index contributed by atoms with van der Waals surface area (Å²) in [6.45, 7) is 7.05. The molecule has 0 fully saturated rings. The highest BCUT2D eigenvalue weighted by molar-refractivity contribution is 5.74. The minimum atomic E-state index is -0.782. The van der Waals surface area contributed by atoms with E-state index in [0.717, 1.165) is 16.9 Å². The van der Waals surface area contributed by atoms with E-state index in [4.69, 9.17) is 4.74 Å². The fraction of sp³-hybridized carbons (Fsp3) is 0.500. The Morgan fingerprint density at radius 3 is 2.72 bits per heavy atom. The number of carbonyl (C=O) groups excluding carboxylic acids is 1. The Bertz CT molecular complexity index is 482. The van der Waals surface area contributed by atoms with Gasteiger partial charge in [0.1, 0.15) is 17.5 Å². The molecule has 0 aliphatic carbocycles. The average Bonchev–Trinajstić information content (AvgIpc) is 2.25. The Balaban J connectivity index is 2.49. The largest absolute Gasteiger partial charge is 0.485 e. The number of amides is 1. The van der Waals surface area contributed by atoms with E-state index in [0.29, 0.717) is 0 Å². The van der Waals surface area contributed by atoms with Crippen LogP contribution in [0, 0.1) is 6.92 Å². The fourth-order valence-electron chi connectivity index (χ4n) is 2.29. The van der Waals surface area contributed by atoms with Crippen molar-refractivity contribution in [2.24, 2.45) is 0 Å². The van der Waals surface area contributed by atoms with Gasteiger partial charge >= 0.3 is 0 Å². The standard InChI is InChI=1S/C14H19NO3/c1-8-5-6-11-10(7-8)12(15-9(2)16)13(17)14(3,4)18-11/h5-7,12-13,17H,1-4H3,(H,15,16)/t12?,13-/m0/s1. The molecule has 1 aliphatic rings. The summed E-state index contributed by atoms with van der Waals surface area (Å²) in [6, 6.07) is 5.35. The van der Waals surface area contributed by atoms with Gasteiger partial charge in [-0.1, -0.05) is 17.7 Å². The van der Waals surface area contributed by atoms with Gasteiger partial charge in [0.2, 0.25) is 5.91 Å². The predicted octanol–water partition coefficient (Wildman–Crippen LogP) is 1.70. The Morgan fingerprint density at radius 1 is 1.44 bits per heavy atom. The van der Waals surface area contributed by atoms with Crippen molar-refractivity contribution in [3.05, 3.63) is 29.3 Å². The van der Waals surface area contributed by atoms with E-state index in [-0.39, 0.29) is 5.91 Å². The van der Waals surface area contributed by atoms with Crippen LogP contribution in [0.5, 0.6) is 5.75 Å². The van der Waals surface area contributed by atoms with Crippen LogP contribution in [-0.4, -0.2) is 22.7 Å². The van der Waals surface area contributed by atoms with Gasteiger partial charge < -0.3 is 15.2 Å². The number of fused-ring (bicyclic) bond motifs is 1. The Kier molecular flexibility index (Phi) is 3.07. The number of nitrogens with one attached hydrogen (secondary N) is 1. The number of aliphatic hydroxyl groups is 1. The second-order valence-electron chi connectivity index (χ2n) is 5.37. The second-order valence-corrected chi connectivity index (χ2v) is 5.37. The highest BCUT2D eigenvalue weighted by atomic mass is 16.5. The van der Waals surface area contributed by atoms with Crippen LogP contribution < -0.4 is 10.1 Å². The molecular weight excluding hydrogens is 230 g/mol. The first-order valence-electron chi connectivity index (χ1n) is 6.06. The number of rotatable bonds is 1. The third kappa shape index (κ3) is 2.20. The molecule has 2 rings (SSSR count). The first kappa shape index (κ1) is 12.9. The third-order valence-corrected chi connectivity index (χ3v) is 3.26. The topological polar surface area (TPSA) is 58.6 Å². The summed E-state index contributed by atoms with van der Waals surface area (Å²) in [6.07, 6.45) is -0.782. The van der Waals surface area contributed by atoms with Crippen LogP contribution in [-0.2, 0) is 4.79 Å². The molecule has 18 heavy (non-hydrogen) atoms. The molecule has 4 nitrogen and oxygen atoms in total. The molecule has 1 amide bonds. The van der Waals surface area contributed by atoms with Crippen LogP contribution in [0.15, 0.2) is 18.2 Å². The monoisotopic (exact) mass is 249 g/mol. The van der Waals surface area contributed by atoms with Crippen molar-refractivity contribution in [2.75, 3.05) is 0 Å². The van der Waals surface area contributed by atoms with E-state index in [1.54, 1.807) is 0 Å². The molecule has 1 aliphatic heterocycles. The maximum Gasteiger partial charge on any atom is 0.217 e. The average molecular weight is 249 g/mol. The van der Waals surface area contributed by atoms with Gasteiger partial charge in [0.25, 0.3) is 0 Å². The van der Waals surface area contributed by atoms with Crippen LogP contribution in [0.25, 0.3) is 0 Å². The number of aryl methyl sites for hydroxylation is 1. The highest BCUT2D eigenvalue weighted by Gasteiger charge is 2.43. The van der Waals surface area contributed by atoms with E-state index in [2.05, 4.69) is 5.32 Å². The highest BCUT2D eigenvalue weighted by Crippen LogP contribution is 2.40. The quantitative estimate of drug-likeness (QED) is 0.796. The molecular formula is C14H19NO3. The molecule has 0 radical (unpaired) electrons. The maximum atomic E-state index is 11.3. The van der Waals surface area contributed by atoms with Crippen molar-refractivity contribution in [1.29, 1.82) is 0 Å². The normalized spacial score (nSPS) is 24.9. The number of benzene rings is 1. The van der Waals surface area contributed by atoms with Gasteiger partial charge in [0, 0.05) is 12.5 Å². The molecule has 0 saturated carbocycles. The van der Waals surface area contributed by atoms with Crippen molar-refractivity contribution >= 4 is 5.91 Å². The Hall–Kier alpha value is -1.55. The molecule has 98 valence electrons. The molecule has 1 aromatic rings. The van der Waals surface area contributed by atoms with E-state index >= 15 is 0 Å². The zero-order valence-electron chi connectivity index (χ0n) is 11.2. The van der Waals surface area contributed by atoms with Crippen molar-refractivity contribution in [1.82, 2.24) is 5.32 Å². The minimum Gasteiger partial charge on any atom is -0.485 e. The van der Waals surface area contributed by atoms with Crippen LogP contribution >= 0.6 is 0 Å². The van der Waals surface area contributed by atoms with Gasteiger partial charge in [-0.3, -0.25) is 4.79 Å². The molecule has 0 aromatic heterocycles. The predicted molar refractivity (Wildman–Crippen MR) is 68.5 cm³/mol. The van der Waals surface area contributed by atoms with Crippen LogP contribution in [0.2, 0.25) is 0 Å². The first-order valence-corrected chi connectivity index (χ1v) is 6.06. The third-order valence-electron chi connectivity index (χ3n) is 3.26. The van der Waals surface area contributed by atoms with Crippen molar-refractivity contribution in [3.63, 3.8) is 0 Å². The molecule has 2 N–H and O–H groups in total. The molecule has 1 aromatic carbocycles. The minimum absolute atomic E-state index is 0.163. The lowest BCUT2D eigenvalue weighted by Crippen LogP contribution is -2.53. The Morgan fingerprint density at radius 2 is 2.11 bits per heavy atom. The lowest BCUT2D eigenvalue weighted by molar-refractivity contribution is -0.123. The van der Waals surface area contributed by atoms with E-state index in [1.807, 2.05) is 39.0 Å². The van der Waals surface area contributed by atoms with Crippen LogP contribution in [0.1, 0.15) is 37.9 Å². The van der Waals surface area contributed by atoms with Gasteiger partial charge in [-0.05, 0) is 26.8 Å². The number of hydrogen-bond donors (Lipinski definition) is 2. The molecule has 1 unspecified atom stereocenters. The molecule has 2 atom stereocenters. The van der Waals surface area contributed by atoms with E-state index in [9.17, 15) is 9.90 Å². The van der Waals surface area contributed by atoms with Crippen molar-refractivity contribution < 1.29 is 14.6 Å². The summed E-state index contributed by atoms with van der Waals surface area (Å²) in [5.41, 5.74) is 1.17. The molecule has 1 heterocycles. The summed E-state index contributed by atoms with van der Waals surface area (Å²) >= 11 is 0. The number of aliphatic hydroxyl groups excluding tert-OH is 1. The maximum absolute atomic E-state index is 11.3. The first-order chi connectivity index (χ1) is 8.31. The second kappa shape index (κ2) is 4.28. The van der Waals surface area contributed by atoms with Crippen molar-refractivity contribution in [2.45, 2.75) is 45.4 Å². The molecule has 4 heteroatoms. The number of carbonyl (C=O) groups is 1. The molecule has 0 bridgehead atoms. The summed E-state index contributed by atoms with van der Waals surface area (Å²) < 4.78 is 5.80. The smallest absolute Gasteiger partial charge is 0.217 e. The van der Waals surface area contributed by atoms with E-state index < -0.39 is 17.7 Å². The Labute approximate surface area is 107 Å². The van der Waals surface area contributed by atoms with E-state index in [1.165, 1.54) is 6.92 Å². The molecule has 0 spiro atoms. The lowest BCUT2D eigenvalue weighted by Gasteiger charge is -2.42. The summed E-state index contributed by atoms with van der Waals surface area (Å²) in [4.78, 5) is 11.3. The zero-order valence-corrected chi connectivity index (χ0v) is 11.2. The lowest BCUT2D eigenvalue weighted by atomic mass is 9.86. The van der Waals surface area contributed by atoms with Gasteiger partial charge in [0.15, 0.2) is 0 Å². The SMILES string of the molecule is CC(=O)NC1c2cc(C)ccc2OC(C)(C)[C@H]1O. The van der Waals surface area contributed by atoms with Gasteiger partial charge in [-0.15, -0.1) is 0 Å². The summed E-state index contributed by atoms with van der Waals surface area (Å²) in [5.74, 6) is 0.554. The van der Waals surface area contributed by atoms with Crippen molar-refractivity contribution in [3.8, 4) is 5.75 Å². The summed E-state index contributed by atoms with van der Waals surface area (Å²) in [5, 5.41) is 13.1. The van der Waals surface area contributed by atoms with Gasteiger partial charge in [-0.2, -0.15) is 0 Å². The van der Waals surface area contributed by atoms with Crippen LogP contribution in [0.4, 0.5) is 0 Å². The zero-order chi connectivity index (χ0) is 13.5. The number of hydrogen-bond acceptors (Lipinski definition) is 3. The van der Waals surface area contributed by atoms with Crippen LogP contribution in [0.3, 0.4) is 0 Å². The van der Waals surface area contributed by atoms with Gasteiger partial charge in [-0.25, -0.2) is 0 Å². The number of ether oxygens (including phenoxy) is 1. The molecule has 0 saturated heterocycles. The summed E-state index contributed by atoms with van der Waals surface area (Å²) in [7, 11) is 0. The van der Waals surface area contributed by atoms with Gasteiger partial charge in [0.05, 0.1) is 6.04 Å². The fourth-order valence-corrected chi connectivity index (χ4v) is 2.29.